The van der Waals surface area contributed by atoms with Gasteiger partial charge in [-0.3, -0.25) is 4.79 Å². The van der Waals surface area contributed by atoms with E-state index in [2.05, 4.69) is 0 Å². The van der Waals surface area contributed by atoms with Gasteiger partial charge in [0.15, 0.2) is 0 Å². The van der Waals surface area contributed by atoms with E-state index >= 15 is 0 Å². The molecule has 19 heavy (non-hydrogen) atoms. The molecular formula is C14H24N2O3. The van der Waals surface area contributed by atoms with Crippen LogP contribution in [0.25, 0.3) is 0 Å². The number of carbonyl (C=O) groups excluding carboxylic acids is 1. The third-order valence-corrected chi connectivity index (χ3v) is 3.57. The summed E-state index contributed by atoms with van der Waals surface area (Å²) in [6.07, 6.45) is 5.49. The second kappa shape index (κ2) is 8.89. The van der Waals surface area contributed by atoms with Crippen LogP contribution in [0.3, 0.4) is 0 Å². The van der Waals surface area contributed by atoms with Gasteiger partial charge in [0.05, 0.1) is 37.7 Å². The first-order valence-corrected chi connectivity index (χ1v) is 6.92. The summed E-state index contributed by atoms with van der Waals surface area (Å²) >= 11 is 0. The average Bonchev–Trinajstić information content (AvgIpc) is 2.44. The molecule has 1 amide bonds. The molecule has 1 saturated carbocycles. The molecule has 0 aromatic heterocycles. The molecule has 0 N–H and O–H groups in total. The molecule has 1 aliphatic carbocycles. The first kappa shape index (κ1) is 15.9. The number of methoxy groups -OCH3 is 1. The van der Waals surface area contributed by atoms with Crippen LogP contribution in [-0.2, 0) is 14.3 Å². The largest absolute Gasteiger partial charge is 0.381 e. The Bertz CT molecular complexity index is 314. The van der Waals surface area contributed by atoms with Gasteiger partial charge in [-0.05, 0) is 25.7 Å². The number of rotatable bonds is 7. The van der Waals surface area contributed by atoms with Crippen molar-refractivity contribution >= 4 is 5.91 Å². The van der Waals surface area contributed by atoms with Crippen LogP contribution in [0.2, 0.25) is 0 Å². The Labute approximate surface area is 115 Å². The van der Waals surface area contributed by atoms with Crippen molar-refractivity contribution in [2.45, 2.75) is 50.7 Å². The highest BCUT2D eigenvalue weighted by Gasteiger charge is 2.22. The number of carbonyl (C=O) groups is 1. The average molecular weight is 268 g/mol. The second-order valence-corrected chi connectivity index (χ2v) is 4.99. The summed E-state index contributed by atoms with van der Waals surface area (Å²) in [6, 6.07) is 2.03. The van der Waals surface area contributed by atoms with Crippen LogP contribution in [0.15, 0.2) is 0 Å². The molecule has 5 heteroatoms. The first-order chi connectivity index (χ1) is 9.17. The van der Waals surface area contributed by atoms with Crippen molar-refractivity contribution in [3.05, 3.63) is 0 Å². The topological polar surface area (TPSA) is 62.6 Å². The molecule has 0 radical (unpaired) electrons. The van der Waals surface area contributed by atoms with E-state index in [-0.39, 0.29) is 12.0 Å². The molecular weight excluding hydrogens is 244 g/mol. The van der Waals surface area contributed by atoms with Crippen LogP contribution >= 0.6 is 0 Å². The molecule has 2 atom stereocenters. The Kier molecular flexibility index (Phi) is 7.46. The highest BCUT2D eigenvalue weighted by Crippen LogP contribution is 2.23. The number of hydrogen-bond acceptors (Lipinski definition) is 4. The van der Waals surface area contributed by atoms with Gasteiger partial charge >= 0.3 is 0 Å². The molecule has 0 aromatic rings. The summed E-state index contributed by atoms with van der Waals surface area (Å²) in [5.74, 6) is 0.0364. The highest BCUT2D eigenvalue weighted by atomic mass is 16.5. The fourth-order valence-corrected chi connectivity index (χ4v) is 2.31. The zero-order chi connectivity index (χ0) is 14.1. The van der Waals surface area contributed by atoms with Crippen LogP contribution in [0, 0.1) is 11.3 Å². The number of amides is 1. The Morgan fingerprint density at radius 1 is 1.42 bits per heavy atom. The van der Waals surface area contributed by atoms with E-state index in [1.54, 1.807) is 19.1 Å². The Balaban J connectivity index is 2.15. The van der Waals surface area contributed by atoms with Crippen molar-refractivity contribution in [2.75, 3.05) is 27.3 Å². The lowest BCUT2D eigenvalue weighted by Crippen LogP contribution is -2.31. The molecule has 5 nitrogen and oxygen atoms in total. The molecule has 0 aliphatic heterocycles. The van der Waals surface area contributed by atoms with E-state index < -0.39 is 0 Å². The van der Waals surface area contributed by atoms with Crippen LogP contribution in [0.5, 0.6) is 0 Å². The van der Waals surface area contributed by atoms with E-state index in [1.165, 1.54) is 0 Å². The number of nitrogens with zero attached hydrogens (tertiary/aromatic N) is 2. The minimum absolute atomic E-state index is 0.0364. The second-order valence-electron chi connectivity index (χ2n) is 4.99. The normalized spacial score (nSPS) is 22.8. The van der Waals surface area contributed by atoms with Gasteiger partial charge in [0.25, 0.3) is 0 Å². The maximum atomic E-state index is 11.7. The van der Waals surface area contributed by atoms with Gasteiger partial charge in [-0.15, -0.1) is 0 Å². The maximum absolute atomic E-state index is 11.7. The van der Waals surface area contributed by atoms with E-state index in [4.69, 9.17) is 14.7 Å². The van der Waals surface area contributed by atoms with E-state index in [0.717, 1.165) is 25.7 Å². The van der Waals surface area contributed by atoms with Gasteiger partial charge in [0.1, 0.15) is 0 Å². The molecule has 0 aromatic carbocycles. The summed E-state index contributed by atoms with van der Waals surface area (Å²) in [6.45, 7) is 0.946. The minimum atomic E-state index is 0.0364. The summed E-state index contributed by atoms with van der Waals surface area (Å²) in [5.41, 5.74) is 0. The van der Waals surface area contributed by atoms with Crippen LogP contribution in [0.4, 0.5) is 0 Å². The first-order valence-electron chi connectivity index (χ1n) is 6.92. The lowest BCUT2D eigenvalue weighted by molar-refractivity contribution is -0.131. The zero-order valence-corrected chi connectivity index (χ0v) is 11.9. The predicted molar refractivity (Wildman–Crippen MR) is 71.5 cm³/mol. The monoisotopic (exact) mass is 268 g/mol. The molecule has 1 rings (SSSR count). The Morgan fingerprint density at radius 2 is 2.16 bits per heavy atom. The summed E-state index contributed by atoms with van der Waals surface area (Å²) < 4.78 is 11.1. The van der Waals surface area contributed by atoms with Gasteiger partial charge in [-0.1, -0.05) is 0 Å². The zero-order valence-electron chi connectivity index (χ0n) is 11.9. The SMILES string of the molecule is COC1CCCC(OCCC(=O)N(C)CCC#N)C1. The van der Waals surface area contributed by atoms with Crippen LogP contribution in [0.1, 0.15) is 38.5 Å². The Morgan fingerprint density at radius 3 is 2.84 bits per heavy atom. The minimum Gasteiger partial charge on any atom is -0.381 e. The van der Waals surface area contributed by atoms with E-state index in [0.29, 0.717) is 32.1 Å². The van der Waals surface area contributed by atoms with Gasteiger partial charge in [-0.25, -0.2) is 0 Å². The predicted octanol–water partition coefficient (Wildman–Crippen LogP) is 1.72. The molecule has 0 saturated heterocycles. The summed E-state index contributed by atoms with van der Waals surface area (Å²) in [5, 5.41) is 8.47. The van der Waals surface area contributed by atoms with Crippen molar-refractivity contribution in [3.63, 3.8) is 0 Å². The Hall–Kier alpha value is -1.12. The van der Waals surface area contributed by atoms with E-state index in [1.807, 2.05) is 6.07 Å². The van der Waals surface area contributed by atoms with Crippen LogP contribution < -0.4 is 0 Å². The lowest BCUT2D eigenvalue weighted by atomic mass is 9.95. The van der Waals surface area contributed by atoms with Crippen molar-refractivity contribution < 1.29 is 14.3 Å². The molecule has 2 unspecified atom stereocenters. The molecule has 1 fully saturated rings. The summed E-state index contributed by atoms with van der Waals surface area (Å²) in [7, 11) is 3.46. The third kappa shape index (κ3) is 6.04. The fourth-order valence-electron chi connectivity index (χ4n) is 2.31. The molecule has 0 spiro atoms. The van der Waals surface area contributed by atoms with E-state index in [9.17, 15) is 4.79 Å². The van der Waals surface area contributed by atoms with Gasteiger partial charge in [-0.2, -0.15) is 5.26 Å². The smallest absolute Gasteiger partial charge is 0.224 e. The molecule has 108 valence electrons. The standard InChI is InChI=1S/C14H24N2O3/c1-16(9-4-8-15)14(17)7-10-19-13-6-3-5-12(11-13)18-2/h12-13H,3-7,9-11H2,1-2H3. The summed E-state index contributed by atoms with van der Waals surface area (Å²) in [4.78, 5) is 13.3. The lowest BCUT2D eigenvalue weighted by Gasteiger charge is -2.28. The van der Waals surface area contributed by atoms with Gasteiger partial charge < -0.3 is 14.4 Å². The van der Waals surface area contributed by atoms with Crippen molar-refractivity contribution in [3.8, 4) is 6.07 Å². The van der Waals surface area contributed by atoms with Crippen molar-refractivity contribution in [2.24, 2.45) is 0 Å². The van der Waals surface area contributed by atoms with Gasteiger partial charge in [0.2, 0.25) is 5.91 Å². The number of ether oxygens (including phenoxy) is 2. The fraction of sp³-hybridized carbons (Fsp3) is 0.857. The number of hydrogen-bond donors (Lipinski definition) is 0. The van der Waals surface area contributed by atoms with Crippen molar-refractivity contribution in [1.29, 1.82) is 5.26 Å². The molecule has 1 aliphatic rings. The quantitative estimate of drug-likeness (QED) is 0.705. The van der Waals surface area contributed by atoms with Crippen LogP contribution in [-0.4, -0.2) is 50.3 Å². The third-order valence-electron chi connectivity index (χ3n) is 3.57. The highest BCUT2D eigenvalue weighted by molar-refractivity contribution is 5.75. The number of nitriles is 1. The maximum Gasteiger partial charge on any atom is 0.224 e. The van der Waals surface area contributed by atoms with Gasteiger partial charge in [0, 0.05) is 20.7 Å². The molecule has 0 heterocycles. The van der Waals surface area contributed by atoms with Crippen molar-refractivity contribution in [1.82, 2.24) is 4.90 Å². The molecule has 0 bridgehead atoms.